The Morgan fingerprint density at radius 1 is 1.48 bits per heavy atom. The van der Waals surface area contributed by atoms with E-state index in [-0.39, 0.29) is 18.6 Å². The van der Waals surface area contributed by atoms with E-state index >= 15 is 0 Å². The topological polar surface area (TPSA) is 52.6 Å². The molecule has 1 aliphatic heterocycles. The van der Waals surface area contributed by atoms with Gasteiger partial charge in [0.2, 0.25) is 5.91 Å². The summed E-state index contributed by atoms with van der Waals surface area (Å²) < 4.78 is 0. The van der Waals surface area contributed by atoms with Crippen molar-refractivity contribution in [3.63, 3.8) is 0 Å². The standard InChI is InChI=1S/C17H26N2O2/c1-12-6-7-13(2)16(9-12)18-17(21)14(3)19-8-4-5-15(10-19)11-20/h6-7,9,14-15,20H,4-5,8,10-11H2,1-3H3,(H,18,21). The van der Waals surface area contributed by atoms with Gasteiger partial charge in [-0.3, -0.25) is 9.69 Å². The van der Waals surface area contributed by atoms with E-state index in [0.717, 1.165) is 42.7 Å². The summed E-state index contributed by atoms with van der Waals surface area (Å²) in [4.78, 5) is 14.6. The predicted octanol–water partition coefficient (Wildman–Crippen LogP) is 2.33. The molecule has 0 spiro atoms. The largest absolute Gasteiger partial charge is 0.396 e. The minimum atomic E-state index is -0.167. The van der Waals surface area contributed by atoms with Crippen LogP contribution in [0.15, 0.2) is 18.2 Å². The van der Waals surface area contributed by atoms with Gasteiger partial charge in [0.05, 0.1) is 6.04 Å². The molecule has 1 aromatic carbocycles. The van der Waals surface area contributed by atoms with Crippen molar-refractivity contribution >= 4 is 11.6 Å². The number of nitrogens with zero attached hydrogens (tertiary/aromatic N) is 1. The van der Waals surface area contributed by atoms with E-state index in [9.17, 15) is 9.90 Å². The molecule has 4 nitrogen and oxygen atoms in total. The number of hydrogen-bond acceptors (Lipinski definition) is 3. The number of aryl methyl sites for hydroxylation is 2. The lowest BCUT2D eigenvalue weighted by molar-refractivity contribution is -0.121. The Morgan fingerprint density at radius 3 is 2.95 bits per heavy atom. The molecular weight excluding hydrogens is 264 g/mol. The van der Waals surface area contributed by atoms with Crippen LogP contribution in [0.3, 0.4) is 0 Å². The van der Waals surface area contributed by atoms with Gasteiger partial charge in [0.15, 0.2) is 0 Å². The first kappa shape index (κ1) is 16.0. The summed E-state index contributed by atoms with van der Waals surface area (Å²) in [5.41, 5.74) is 3.11. The number of aliphatic hydroxyl groups is 1. The van der Waals surface area contributed by atoms with E-state index in [1.165, 1.54) is 0 Å². The zero-order chi connectivity index (χ0) is 15.4. The predicted molar refractivity (Wildman–Crippen MR) is 85.4 cm³/mol. The van der Waals surface area contributed by atoms with Gasteiger partial charge in [0.1, 0.15) is 0 Å². The minimum absolute atomic E-state index is 0.0299. The molecule has 0 saturated carbocycles. The van der Waals surface area contributed by atoms with Crippen LogP contribution in [-0.2, 0) is 4.79 Å². The number of nitrogens with one attached hydrogen (secondary N) is 1. The highest BCUT2D eigenvalue weighted by Crippen LogP contribution is 2.20. The van der Waals surface area contributed by atoms with Crippen LogP contribution in [0.2, 0.25) is 0 Å². The number of piperidine rings is 1. The highest BCUT2D eigenvalue weighted by Gasteiger charge is 2.27. The monoisotopic (exact) mass is 290 g/mol. The molecule has 2 unspecified atom stereocenters. The Balaban J connectivity index is 2.00. The summed E-state index contributed by atoms with van der Waals surface area (Å²) in [5.74, 6) is 0.331. The maximum absolute atomic E-state index is 12.5. The molecule has 1 aromatic rings. The summed E-state index contributed by atoms with van der Waals surface area (Å²) in [7, 11) is 0. The molecule has 1 amide bonds. The Kier molecular flexibility index (Phi) is 5.37. The molecule has 21 heavy (non-hydrogen) atoms. The second-order valence-corrected chi connectivity index (χ2v) is 6.17. The number of rotatable bonds is 4. The average molecular weight is 290 g/mol. The number of carbonyl (C=O) groups is 1. The number of hydrogen-bond donors (Lipinski definition) is 2. The third-order valence-electron chi connectivity index (χ3n) is 4.39. The molecule has 1 aliphatic rings. The first-order valence-electron chi connectivity index (χ1n) is 7.74. The van der Waals surface area contributed by atoms with Gasteiger partial charge in [0.25, 0.3) is 0 Å². The number of benzene rings is 1. The van der Waals surface area contributed by atoms with Gasteiger partial charge in [-0.2, -0.15) is 0 Å². The fourth-order valence-electron chi connectivity index (χ4n) is 2.87. The van der Waals surface area contributed by atoms with Gasteiger partial charge >= 0.3 is 0 Å². The van der Waals surface area contributed by atoms with Crippen molar-refractivity contribution in [3.8, 4) is 0 Å². The lowest BCUT2D eigenvalue weighted by Gasteiger charge is -2.35. The van der Waals surface area contributed by atoms with E-state index in [1.54, 1.807) is 0 Å². The first-order chi connectivity index (χ1) is 10.0. The molecule has 116 valence electrons. The number of likely N-dealkylation sites (tertiary alicyclic amines) is 1. The Hall–Kier alpha value is -1.39. The lowest BCUT2D eigenvalue weighted by atomic mass is 9.97. The van der Waals surface area contributed by atoms with E-state index in [1.807, 2.05) is 39.0 Å². The van der Waals surface area contributed by atoms with E-state index in [4.69, 9.17) is 0 Å². The van der Waals surface area contributed by atoms with Gasteiger partial charge in [-0.25, -0.2) is 0 Å². The zero-order valence-corrected chi connectivity index (χ0v) is 13.2. The van der Waals surface area contributed by atoms with Crippen molar-refractivity contribution in [3.05, 3.63) is 29.3 Å². The van der Waals surface area contributed by atoms with Crippen molar-refractivity contribution < 1.29 is 9.90 Å². The van der Waals surface area contributed by atoms with E-state index in [0.29, 0.717) is 5.92 Å². The van der Waals surface area contributed by atoms with Gasteiger partial charge in [0, 0.05) is 18.8 Å². The molecule has 4 heteroatoms. The van der Waals surface area contributed by atoms with Crippen molar-refractivity contribution in [2.24, 2.45) is 5.92 Å². The summed E-state index contributed by atoms with van der Waals surface area (Å²) in [5, 5.41) is 12.3. The average Bonchev–Trinajstić information content (AvgIpc) is 2.50. The molecule has 2 atom stereocenters. The van der Waals surface area contributed by atoms with E-state index in [2.05, 4.69) is 10.2 Å². The van der Waals surface area contributed by atoms with E-state index < -0.39 is 0 Å². The Morgan fingerprint density at radius 2 is 2.24 bits per heavy atom. The van der Waals surface area contributed by atoms with Crippen molar-refractivity contribution in [1.29, 1.82) is 0 Å². The van der Waals surface area contributed by atoms with Gasteiger partial charge < -0.3 is 10.4 Å². The summed E-state index contributed by atoms with van der Waals surface area (Å²) in [6, 6.07) is 5.91. The lowest BCUT2D eigenvalue weighted by Crippen LogP contribution is -2.47. The first-order valence-corrected chi connectivity index (χ1v) is 7.74. The van der Waals surface area contributed by atoms with Crippen LogP contribution in [0.1, 0.15) is 30.9 Å². The minimum Gasteiger partial charge on any atom is -0.396 e. The zero-order valence-electron chi connectivity index (χ0n) is 13.2. The Labute approximate surface area is 127 Å². The van der Waals surface area contributed by atoms with Crippen molar-refractivity contribution in [2.45, 2.75) is 39.7 Å². The van der Waals surface area contributed by atoms with Gasteiger partial charge in [-0.1, -0.05) is 12.1 Å². The van der Waals surface area contributed by atoms with Crippen LogP contribution in [0.25, 0.3) is 0 Å². The maximum Gasteiger partial charge on any atom is 0.241 e. The molecular formula is C17H26N2O2. The number of aliphatic hydroxyl groups excluding tert-OH is 1. The van der Waals surface area contributed by atoms with Crippen molar-refractivity contribution in [2.75, 3.05) is 25.0 Å². The second kappa shape index (κ2) is 7.05. The molecule has 0 aliphatic carbocycles. The maximum atomic E-state index is 12.5. The molecule has 1 fully saturated rings. The molecule has 2 rings (SSSR count). The highest BCUT2D eigenvalue weighted by atomic mass is 16.3. The molecule has 1 heterocycles. The van der Waals surface area contributed by atoms with Gasteiger partial charge in [-0.15, -0.1) is 0 Å². The Bertz CT molecular complexity index is 502. The van der Waals surface area contributed by atoms with Crippen LogP contribution in [-0.4, -0.2) is 41.7 Å². The summed E-state index contributed by atoms with van der Waals surface area (Å²) in [6.07, 6.45) is 2.10. The number of anilines is 1. The SMILES string of the molecule is Cc1ccc(C)c(NC(=O)C(C)N2CCCC(CO)C2)c1. The normalized spacial score (nSPS) is 21.0. The van der Waals surface area contributed by atoms with Crippen LogP contribution >= 0.6 is 0 Å². The van der Waals surface area contributed by atoms with Crippen molar-refractivity contribution in [1.82, 2.24) is 4.90 Å². The van der Waals surface area contributed by atoms with Crippen LogP contribution < -0.4 is 5.32 Å². The third-order valence-corrected chi connectivity index (χ3v) is 4.39. The highest BCUT2D eigenvalue weighted by molar-refractivity contribution is 5.95. The van der Waals surface area contributed by atoms with Crippen LogP contribution in [0.5, 0.6) is 0 Å². The summed E-state index contributed by atoms with van der Waals surface area (Å²) in [6.45, 7) is 7.91. The molecule has 0 radical (unpaired) electrons. The summed E-state index contributed by atoms with van der Waals surface area (Å²) >= 11 is 0. The second-order valence-electron chi connectivity index (χ2n) is 6.17. The quantitative estimate of drug-likeness (QED) is 0.895. The molecule has 0 aromatic heterocycles. The molecule has 0 bridgehead atoms. The van der Waals surface area contributed by atoms with Gasteiger partial charge in [-0.05, 0) is 63.3 Å². The fourth-order valence-corrected chi connectivity index (χ4v) is 2.87. The fraction of sp³-hybridized carbons (Fsp3) is 0.588. The molecule has 2 N–H and O–H groups in total. The number of carbonyl (C=O) groups excluding carboxylic acids is 1. The van der Waals surface area contributed by atoms with Crippen LogP contribution in [0, 0.1) is 19.8 Å². The smallest absolute Gasteiger partial charge is 0.241 e. The van der Waals surface area contributed by atoms with Crippen LogP contribution in [0.4, 0.5) is 5.69 Å². The molecule has 1 saturated heterocycles. The third kappa shape index (κ3) is 4.05. The number of amides is 1.